The van der Waals surface area contributed by atoms with Gasteiger partial charge in [0.1, 0.15) is 0 Å². The van der Waals surface area contributed by atoms with Gasteiger partial charge in [-0.3, -0.25) is 15.1 Å². The van der Waals surface area contributed by atoms with Gasteiger partial charge in [-0.2, -0.15) is 5.10 Å². The van der Waals surface area contributed by atoms with E-state index in [9.17, 15) is 15.2 Å². The highest BCUT2D eigenvalue weighted by Crippen LogP contribution is 2.23. The van der Waals surface area contributed by atoms with Crippen molar-refractivity contribution in [2.24, 2.45) is 5.10 Å². The van der Waals surface area contributed by atoms with E-state index in [1.165, 1.54) is 24.4 Å². The number of hydrogen-bond donors (Lipinski definition) is 0. The highest BCUT2D eigenvalue weighted by atomic mass is 16.6. The number of nitro benzene ring substituents is 1. The number of benzene rings is 2. The molecule has 0 unspecified atom stereocenters. The average molecular weight is 270 g/mol. The maximum Gasteiger partial charge on any atom is 0.262 e. The third-order valence-corrected chi connectivity index (χ3v) is 2.69. The molecule has 0 spiro atoms. The fourth-order valence-corrected chi connectivity index (χ4v) is 1.62. The molecule has 6 heteroatoms. The zero-order valence-electron chi connectivity index (χ0n) is 10.8. The molecule has 0 aliphatic carbocycles. The second-order valence-corrected chi connectivity index (χ2v) is 4.09. The van der Waals surface area contributed by atoms with Crippen molar-refractivity contribution < 1.29 is 10.0 Å². The van der Waals surface area contributed by atoms with Crippen molar-refractivity contribution >= 4 is 17.6 Å². The van der Waals surface area contributed by atoms with Crippen molar-refractivity contribution in [2.75, 3.05) is 12.1 Å². The summed E-state index contributed by atoms with van der Waals surface area (Å²) in [4.78, 5) is 9.99. The Morgan fingerprint density at radius 1 is 1.20 bits per heavy atom. The third-order valence-electron chi connectivity index (χ3n) is 2.69. The first-order valence-corrected chi connectivity index (χ1v) is 5.86. The lowest BCUT2D eigenvalue weighted by Crippen LogP contribution is -2.08. The van der Waals surface area contributed by atoms with E-state index >= 15 is 0 Å². The summed E-state index contributed by atoms with van der Waals surface area (Å²) in [6, 6.07) is 13.3. The molecule has 0 aliphatic heterocycles. The molecule has 0 atom stereocenters. The van der Waals surface area contributed by atoms with Gasteiger partial charge in [0.05, 0.1) is 16.8 Å². The summed E-state index contributed by atoms with van der Waals surface area (Å²) in [6.45, 7) is 0. The minimum atomic E-state index is -0.694. The molecule has 0 fully saturated rings. The number of nitro groups is 1. The second kappa shape index (κ2) is 5.83. The normalized spacial score (nSPS) is 10.7. The van der Waals surface area contributed by atoms with Crippen LogP contribution in [0.25, 0.3) is 0 Å². The quantitative estimate of drug-likeness (QED) is 0.484. The highest BCUT2D eigenvalue weighted by molar-refractivity contribution is 5.82. The van der Waals surface area contributed by atoms with E-state index in [1.807, 2.05) is 30.3 Å². The Morgan fingerprint density at radius 2 is 1.90 bits per heavy atom. The topological polar surface area (TPSA) is 81.8 Å². The first-order valence-electron chi connectivity index (χ1n) is 5.86. The van der Waals surface area contributed by atoms with Crippen LogP contribution in [0.5, 0.6) is 5.75 Å². The van der Waals surface area contributed by atoms with Crippen LogP contribution in [-0.2, 0) is 0 Å². The standard InChI is InChI=1S/C14H13N3O3/c1-16(12-5-3-2-4-6-12)15-10-11-7-8-14(18)13(9-11)17(19)20/h2-10,18H,1H3/p-1/b15-10-. The van der Waals surface area contributed by atoms with Gasteiger partial charge >= 0.3 is 0 Å². The highest BCUT2D eigenvalue weighted by Gasteiger charge is 2.07. The van der Waals surface area contributed by atoms with Gasteiger partial charge in [-0.15, -0.1) is 0 Å². The van der Waals surface area contributed by atoms with E-state index in [4.69, 9.17) is 0 Å². The van der Waals surface area contributed by atoms with Gasteiger partial charge in [0, 0.05) is 18.7 Å². The summed E-state index contributed by atoms with van der Waals surface area (Å²) in [5.41, 5.74) is 0.939. The summed E-state index contributed by atoms with van der Waals surface area (Å²) in [6.07, 6.45) is 1.47. The van der Waals surface area contributed by atoms with E-state index in [2.05, 4.69) is 5.10 Å². The SMILES string of the molecule is CN(/N=C\c1ccc([O-])c([N+](=O)[O-])c1)c1ccccc1. The Balaban J connectivity index is 2.20. The minimum Gasteiger partial charge on any atom is -0.868 e. The Labute approximate surface area is 115 Å². The van der Waals surface area contributed by atoms with Crippen LogP contribution >= 0.6 is 0 Å². The summed E-state index contributed by atoms with van der Waals surface area (Å²) in [7, 11) is 1.77. The molecule has 2 aromatic rings. The first-order chi connectivity index (χ1) is 9.58. The van der Waals surface area contributed by atoms with Crippen molar-refractivity contribution in [3.63, 3.8) is 0 Å². The third kappa shape index (κ3) is 3.11. The number of hydrazone groups is 1. The van der Waals surface area contributed by atoms with Crippen LogP contribution in [0.4, 0.5) is 11.4 Å². The Bertz CT molecular complexity index is 641. The van der Waals surface area contributed by atoms with E-state index in [0.717, 1.165) is 5.69 Å². The lowest BCUT2D eigenvalue weighted by Gasteiger charge is -2.12. The molecular weight excluding hydrogens is 258 g/mol. The summed E-state index contributed by atoms with van der Waals surface area (Å²) >= 11 is 0. The minimum absolute atomic E-state index is 0.448. The lowest BCUT2D eigenvalue weighted by molar-refractivity contribution is -0.398. The largest absolute Gasteiger partial charge is 0.868 e. The van der Waals surface area contributed by atoms with Gasteiger partial charge in [-0.25, -0.2) is 0 Å². The molecule has 102 valence electrons. The van der Waals surface area contributed by atoms with Crippen LogP contribution in [0, 0.1) is 10.1 Å². The average Bonchev–Trinajstić information content (AvgIpc) is 2.46. The van der Waals surface area contributed by atoms with Crippen molar-refractivity contribution in [3.8, 4) is 5.75 Å². The molecule has 0 N–H and O–H groups in total. The fourth-order valence-electron chi connectivity index (χ4n) is 1.62. The molecular formula is C14H12N3O3-. The Hall–Kier alpha value is -2.89. The summed E-state index contributed by atoms with van der Waals surface area (Å²) < 4.78 is 0. The molecule has 0 aromatic heterocycles. The molecule has 0 saturated heterocycles. The number of para-hydroxylation sites is 1. The molecule has 0 bridgehead atoms. The number of hydrogen-bond acceptors (Lipinski definition) is 5. The van der Waals surface area contributed by atoms with Gasteiger partial charge in [0.2, 0.25) is 0 Å². The molecule has 6 nitrogen and oxygen atoms in total. The molecule has 0 amide bonds. The molecule has 2 aromatic carbocycles. The van der Waals surface area contributed by atoms with Crippen molar-refractivity contribution in [1.82, 2.24) is 0 Å². The predicted octanol–water partition coefficient (Wildman–Crippen LogP) is 2.14. The zero-order chi connectivity index (χ0) is 14.5. The van der Waals surface area contributed by atoms with E-state index in [0.29, 0.717) is 5.56 Å². The number of rotatable bonds is 4. The van der Waals surface area contributed by atoms with Crippen LogP contribution in [0.2, 0.25) is 0 Å². The van der Waals surface area contributed by atoms with Crippen molar-refractivity contribution in [2.45, 2.75) is 0 Å². The molecule has 0 radical (unpaired) electrons. The summed E-state index contributed by atoms with van der Waals surface area (Å²) in [5.74, 6) is -0.608. The van der Waals surface area contributed by atoms with Gasteiger partial charge in [0.15, 0.2) is 0 Å². The number of nitrogens with zero attached hydrogens (tertiary/aromatic N) is 3. The fraction of sp³-hybridized carbons (Fsp3) is 0.0714. The number of anilines is 1. The van der Waals surface area contributed by atoms with Crippen molar-refractivity contribution in [1.29, 1.82) is 0 Å². The second-order valence-electron chi connectivity index (χ2n) is 4.09. The van der Waals surface area contributed by atoms with Crippen LogP contribution in [0.3, 0.4) is 0 Å². The molecule has 0 saturated carbocycles. The maximum absolute atomic E-state index is 11.3. The predicted molar refractivity (Wildman–Crippen MR) is 75.0 cm³/mol. The Morgan fingerprint density at radius 3 is 2.55 bits per heavy atom. The molecule has 0 aliphatic rings. The molecule has 20 heavy (non-hydrogen) atoms. The lowest BCUT2D eigenvalue weighted by atomic mass is 10.2. The van der Waals surface area contributed by atoms with Crippen molar-refractivity contribution in [3.05, 3.63) is 64.2 Å². The smallest absolute Gasteiger partial charge is 0.262 e. The maximum atomic E-state index is 11.3. The van der Waals surface area contributed by atoms with Gasteiger partial charge < -0.3 is 5.11 Å². The summed E-state index contributed by atoms with van der Waals surface area (Å²) in [5, 5.41) is 27.8. The van der Waals surface area contributed by atoms with Gasteiger partial charge in [-0.05, 0) is 17.9 Å². The van der Waals surface area contributed by atoms with Gasteiger partial charge in [0.25, 0.3) is 5.69 Å². The van der Waals surface area contributed by atoms with E-state index in [1.54, 1.807) is 12.1 Å². The van der Waals surface area contributed by atoms with Crippen LogP contribution in [0.15, 0.2) is 53.6 Å². The van der Waals surface area contributed by atoms with E-state index in [-0.39, 0.29) is 0 Å². The zero-order valence-corrected chi connectivity index (χ0v) is 10.8. The van der Waals surface area contributed by atoms with Crippen LogP contribution < -0.4 is 10.1 Å². The van der Waals surface area contributed by atoms with Crippen LogP contribution in [-0.4, -0.2) is 18.2 Å². The first kappa shape index (κ1) is 13.5. The van der Waals surface area contributed by atoms with Gasteiger partial charge in [-0.1, -0.05) is 30.3 Å². The monoisotopic (exact) mass is 270 g/mol. The van der Waals surface area contributed by atoms with Crippen LogP contribution in [0.1, 0.15) is 5.56 Å². The Kier molecular flexibility index (Phi) is 3.95. The molecule has 0 heterocycles. The van der Waals surface area contributed by atoms with E-state index < -0.39 is 16.4 Å². The molecule has 2 rings (SSSR count).